The Morgan fingerprint density at radius 3 is 1.10 bits per heavy atom. The quantitative estimate of drug-likeness (QED) is 0.0836. The molecule has 0 aliphatic carbocycles. The van der Waals surface area contributed by atoms with E-state index >= 15 is 0 Å². The Bertz CT molecular complexity index is 2020. The highest BCUT2D eigenvalue weighted by atomic mass is 16.1. The summed E-state index contributed by atoms with van der Waals surface area (Å²) < 4.78 is 0. The topological polar surface area (TPSA) is 17.1 Å². The molecule has 63 heavy (non-hydrogen) atoms. The monoisotopic (exact) mass is 845 g/mol. The van der Waals surface area contributed by atoms with E-state index in [1.165, 1.54) is 115 Å². The van der Waals surface area contributed by atoms with Crippen LogP contribution in [-0.4, -0.2) is 5.78 Å². The Labute approximate surface area is 387 Å². The number of ketones is 1. The van der Waals surface area contributed by atoms with Crippen molar-refractivity contribution < 1.29 is 4.79 Å². The van der Waals surface area contributed by atoms with Gasteiger partial charge in [0.25, 0.3) is 0 Å². The van der Waals surface area contributed by atoms with Crippen molar-refractivity contribution in [2.24, 2.45) is 0 Å². The van der Waals surface area contributed by atoms with Crippen molar-refractivity contribution in [3.63, 3.8) is 0 Å². The molecule has 0 amide bonds. The maximum atomic E-state index is 12.3. The minimum absolute atomic E-state index is 0.108. The molecule has 1 heteroatoms. The molecule has 0 heterocycles. The number of rotatable bonds is 13. The van der Waals surface area contributed by atoms with Crippen LogP contribution < -0.4 is 0 Å². The number of hydrogen-bond acceptors (Lipinski definition) is 1. The van der Waals surface area contributed by atoms with Crippen LogP contribution in [0, 0.1) is 41.5 Å². The summed E-state index contributed by atoms with van der Waals surface area (Å²) in [5.74, 6) is 0.108. The predicted molar refractivity (Wildman–Crippen MR) is 282 cm³/mol. The van der Waals surface area contributed by atoms with Gasteiger partial charge in [0.15, 0.2) is 5.78 Å². The second-order valence-electron chi connectivity index (χ2n) is 16.4. The summed E-state index contributed by atoms with van der Waals surface area (Å²) >= 11 is 0. The Balaban J connectivity index is 0.000000391. The minimum Gasteiger partial charge on any atom is -0.289 e. The highest BCUT2D eigenvalue weighted by molar-refractivity contribution is 6.10. The lowest BCUT2D eigenvalue weighted by molar-refractivity contribution is 0.103. The van der Waals surface area contributed by atoms with Crippen molar-refractivity contribution >= 4 is 11.9 Å². The van der Waals surface area contributed by atoms with Crippen LogP contribution in [0.1, 0.15) is 166 Å². The summed E-state index contributed by atoms with van der Waals surface area (Å²) in [5, 5.41) is 0. The van der Waals surface area contributed by atoms with Crippen molar-refractivity contribution in [2.75, 3.05) is 0 Å². The first-order valence-electron chi connectivity index (χ1n) is 24.0. The Morgan fingerprint density at radius 2 is 0.730 bits per heavy atom. The molecule has 0 unspecified atom stereocenters. The molecule has 0 aliphatic heterocycles. The molecule has 0 saturated heterocycles. The number of carbonyl (C=O) groups is 1. The van der Waals surface area contributed by atoms with Gasteiger partial charge < -0.3 is 0 Å². The van der Waals surface area contributed by atoms with Crippen LogP contribution in [0.3, 0.4) is 0 Å². The van der Waals surface area contributed by atoms with E-state index in [9.17, 15) is 4.79 Å². The maximum Gasteiger partial charge on any atom is 0.193 e. The zero-order valence-electron chi connectivity index (χ0n) is 41.7. The molecule has 1 nitrogen and oxygen atoms in total. The van der Waals surface area contributed by atoms with Crippen LogP contribution in [0.15, 0.2) is 152 Å². The number of carbonyl (C=O) groups excluding carboxylic acids is 1. The second kappa shape index (κ2) is 35.2. The fourth-order valence-electron chi connectivity index (χ4n) is 6.84. The molecule has 0 aliphatic rings. The zero-order chi connectivity index (χ0) is 46.7. The highest BCUT2D eigenvalue weighted by Crippen LogP contribution is 2.26. The third kappa shape index (κ3) is 23.1. The molecule has 6 rings (SSSR count). The van der Waals surface area contributed by atoms with E-state index in [2.05, 4.69) is 172 Å². The van der Waals surface area contributed by atoms with Gasteiger partial charge in [0, 0.05) is 11.1 Å². The highest BCUT2D eigenvalue weighted by Gasteiger charge is 2.12. The first kappa shape index (κ1) is 55.7. The van der Waals surface area contributed by atoms with Crippen molar-refractivity contribution in [1.29, 1.82) is 0 Å². The normalized spacial score (nSPS) is 9.97. The minimum atomic E-state index is 0.108. The molecule has 0 saturated carbocycles. The van der Waals surface area contributed by atoms with Crippen LogP contribution in [0.25, 0.3) is 17.2 Å². The number of hydrogen-bond donors (Lipinski definition) is 0. The van der Waals surface area contributed by atoms with Gasteiger partial charge in [0.2, 0.25) is 0 Å². The van der Waals surface area contributed by atoms with Gasteiger partial charge >= 0.3 is 0 Å². The summed E-state index contributed by atoms with van der Waals surface area (Å²) in [6.45, 7) is 25.7. The predicted octanol–water partition coefficient (Wildman–Crippen LogP) is 19.0. The number of benzene rings is 6. The molecule has 0 N–H and O–H groups in total. The Morgan fingerprint density at radius 1 is 0.381 bits per heavy atom. The van der Waals surface area contributed by atoms with Gasteiger partial charge in [-0.1, -0.05) is 257 Å². The molecule has 0 radical (unpaired) electrons. The first-order valence-corrected chi connectivity index (χ1v) is 24.0. The molecule has 0 fully saturated rings. The van der Waals surface area contributed by atoms with Crippen LogP contribution >= 0.6 is 0 Å². The number of aryl methyl sites for hydroxylation is 7. The first-order chi connectivity index (χ1) is 30.5. The van der Waals surface area contributed by atoms with Crippen LogP contribution in [-0.2, 0) is 6.42 Å². The zero-order valence-corrected chi connectivity index (χ0v) is 41.7. The van der Waals surface area contributed by atoms with Crippen LogP contribution in [0.2, 0.25) is 0 Å². The fourth-order valence-corrected chi connectivity index (χ4v) is 6.84. The van der Waals surface area contributed by atoms with E-state index in [-0.39, 0.29) is 5.78 Å². The van der Waals surface area contributed by atoms with Gasteiger partial charge in [-0.3, -0.25) is 4.79 Å². The van der Waals surface area contributed by atoms with Crippen molar-refractivity contribution in [3.8, 4) is 11.1 Å². The lowest BCUT2D eigenvalue weighted by Crippen LogP contribution is -2.05. The number of allylic oxidation sites excluding steroid dienone is 1. The van der Waals surface area contributed by atoms with Gasteiger partial charge in [-0.05, 0) is 111 Å². The smallest absolute Gasteiger partial charge is 0.193 e. The van der Waals surface area contributed by atoms with E-state index < -0.39 is 0 Å². The lowest BCUT2D eigenvalue weighted by Gasteiger charge is -2.08. The van der Waals surface area contributed by atoms with E-state index in [1.807, 2.05) is 69.3 Å². The molecule has 338 valence electrons. The summed E-state index contributed by atoms with van der Waals surface area (Å²) in [6.07, 6.45) is 19.2. The second-order valence-corrected chi connectivity index (χ2v) is 16.4. The molecular weight excluding hydrogens is 761 g/mol. The standard InChI is InChI=1S/C15H14O.C14H14.C10H14.C10H12.C7H16.C6H14/c1-11-7-3-5-9-13(11)15(16)14-10-6-4-8-12(14)2;1-11-7-3-5-9-13(11)14-10-6-4-8-12(14)2;2*1-3-6-10-8-5-4-7-9(10)2;1-3-5-7-6-4-2;1-3-5-6-4-2/h3-10H,1-2H3;3-10H,1-2H3;4-5,7-8H,3,6H2,1-2H3;3-8H,1-2H3;3-7H2,1-2H3;3-6H2,1-2H3/b;;;6-3-;;. The largest absolute Gasteiger partial charge is 0.289 e. The molecule has 6 aromatic carbocycles. The van der Waals surface area contributed by atoms with E-state index in [0.717, 1.165) is 22.3 Å². The molecule has 6 aromatic rings. The van der Waals surface area contributed by atoms with Gasteiger partial charge in [-0.2, -0.15) is 0 Å². The van der Waals surface area contributed by atoms with E-state index in [1.54, 1.807) is 0 Å². The molecule has 0 aromatic heterocycles. The van der Waals surface area contributed by atoms with Crippen molar-refractivity contribution in [1.82, 2.24) is 0 Å². The van der Waals surface area contributed by atoms with Crippen LogP contribution in [0.5, 0.6) is 0 Å². The number of unbranched alkanes of at least 4 members (excludes halogenated alkanes) is 7. The Kier molecular flexibility index (Phi) is 31.2. The van der Waals surface area contributed by atoms with E-state index in [4.69, 9.17) is 0 Å². The Hall–Kier alpha value is -5.27. The van der Waals surface area contributed by atoms with Gasteiger partial charge in [-0.15, -0.1) is 0 Å². The lowest BCUT2D eigenvalue weighted by atomic mass is 9.96. The van der Waals surface area contributed by atoms with Crippen molar-refractivity contribution in [2.45, 2.75) is 154 Å². The molecule has 0 bridgehead atoms. The third-order valence-corrected chi connectivity index (χ3v) is 10.8. The third-order valence-electron chi connectivity index (χ3n) is 10.8. The maximum absolute atomic E-state index is 12.3. The van der Waals surface area contributed by atoms with Crippen molar-refractivity contribution in [3.05, 3.63) is 207 Å². The summed E-state index contributed by atoms with van der Waals surface area (Å²) in [5.41, 5.74) is 14.5. The van der Waals surface area contributed by atoms with Gasteiger partial charge in [0.1, 0.15) is 0 Å². The SMILES string of the molecule is C/C=C\c1ccccc1C.CCCCCC.CCCCCCC.CCCc1ccccc1C.Cc1ccccc1-c1ccccc1C.Cc1ccccc1C(=O)c1ccccc1C. The molecule has 0 atom stereocenters. The average Bonchev–Trinajstić information content (AvgIpc) is 3.29. The molecule has 0 spiro atoms. The fraction of sp³-hybridized carbons (Fsp3) is 0.371. The summed E-state index contributed by atoms with van der Waals surface area (Å²) in [4.78, 5) is 12.3. The molecular formula is C62H84O. The summed E-state index contributed by atoms with van der Waals surface area (Å²) in [6, 6.07) is 49.3. The summed E-state index contributed by atoms with van der Waals surface area (Å²) in [7, 11) is 0. The van der Waals surface area contributed by atoms with E-state index in [0.29, 0.717) is 0 Å². The van der Waals surface area contributed by atoms with Crippen LogP contribution in [0.4, 0.5) is 0 Å². The van der Waals surface area contributed by atoms with Gasteiger partial charge in [-0.25, -0.2) is 0 Å². The average molecular weight is 845 g/mol. The van der Waals surface area contributed by atoms with Gasteiger partial charge in [0.05, 0.1) is 0 Å².